The predicted molar refractivity (Wildman–Crippen MR) is 63.1 cm³/mol. The summed E-state index contributed by atoms with van der Waals surface area (Å²) in [6, 6.07) is 9.87. The van der Waals surface area contributed by atoms with Crippen LogP contribution in [0.4, 0.5) is 5.69 Å². The highest BCUT2D eigenvalue weighted by Crippen LogP contribution is 2.16. The van der Waals surface area contributed by atoms with E-state index in [4.69, 9.17) is 11.6 Å². The van der Waals surface area contributed by atoms with E-state index in [1.807, 2.05) is 24.3 Å². The van der Waals surface area contributed by atoms with Gasteiger partial charge in [-0.1, -0.05) is 17.7 Å². The minimum Gasteiger partial charge on any atom is -0.381 e. The molecule has 0 spiro atoms. The van der Waals surface area contributed by atoms with Gasteiger partial charge >= 0.3 is 0 Å². The Hall–Kier alpha value is -0.990. The first kappa shape index (κ1) is 9.56. The molecule has 0 saturated carbocycles. The van der Waals surface area contributed by atoms with Crippen molar-refractivity contribution in [3.05, 3.63) is 51.7 Å². The maximum atomic E-state index is 5.87. The Bertz CT molecular complexity index is 397. The van der Waals surface area contributed by atoms with Crippen molar-refractivity contribution in [2.45, 2.75) is 6.54 Å². The zero-order valence-electron chi connectivity index (χ0n) is 7.53. The van der Waals surface area contributed by atoms with Crippen molar-refractivity contribution in [2.24, 2.45) is 0 Å². The van der Waals surface area contributed by atoms with Crippen molar-refractivity contribution in [3.63, 3.8) is 0 Å². The maximum Gasteiger partial charge on any atom is 0.0426 e. The van der Waals surface area contributed by atoms with Gasteiger partial charge in [-0.25, -0.2) is 0 Å². The van der Waals surface area contributed by atoms with Crippen LogP contribution in [0.5, 0.6) is 0 Å². The number of hydrogen-bond acceptors (Lipinski definition) is 2. The maximum absolute atomic E-state index is 5.87. The number of thiophene rings is 1. The molecule has 0 radical (unpaired) electrons. The van der Waals surface area contributed by atoms with Crippen molar-refractivity contribution < 1.29 is 0 Å². The first-order chi connectivity index (χ1) is 6.84. The molecule has 0 unspecified atom stereocenters. The molecule has 0 saturated heterocycles. The van der Waals surface area contributed by atoms with Gasteiger partial charge in [0.05, 0.1) is 0 Å². The molecular formula is C11H10ClNS. The van der Waals surface area contributed by atoms with Crippen LogP contribution in [0, 0.1) is 0 Å². The summed E-state index contributed by atoms with van der Waals surface area (Å²) < 4.78 is 0. The molecule has 3 heteroatoms. The smallest absolute Gasteiger partial charge is 0.0426 e. The number of nitrogens with one attached hydrogen (secondary N) is 1. The molecule has 2 rings (SSSR count). The van der Waals surface area contributed by atoms with E-state index in [2.05, 4.69) is 22.1 Å². The van der Waals surface area contributed by atoms with Gasteiger partial charge in [0, 0.05) is 17.3 Å². The number of anilines is 1. The molecule has 0 amide bonds. The molecule has 0 aliphatic rings. The highest BCUT2D eigenvalue weighted by Gasteiger charge is 1.94. The molecule has 72 valence electrons. The summed E-state index contributed by atoms with van der Waals surface area (Å²) in [6.45, 7) is 0.851. The lowest BCUT2D eigenvalue weighted by Crippen LogP contribution is -1.97. The van der Waals surface area contributed by atoms with Crippen LogP contribution in [0.3, 0.4) is 0 Å². The monoisotopic (exact) mass is 223 g/mol. The Balaban J connectivity index is 1.98. The Labute approximate surface area is 92.3 Å². The summed E-state index contributed by atoms with van der Waals surface area (Å²) in [5.41, 5.74) is 2.36. The summed E-state index contributed by atoms with van der Waals surface area (Å²) in [6.07, 6.45) is 0. The third-order valence-electron chi connectivity index (χ3n) is 1.90. The second-order valence-electron chi connectivity index (χ2n) is 3.00. The van der Waals surface area contributed by atoms with Crippen molar-refractivity contribution in [1.29, 1.82) is 0 Å². The van der Waals surface area contributed by atoms with Gasteiger partial charge in [-0.2, -0.15) is 11.3 Å². The van der Waals surface area contributed by atoms with Crippen LogP contribution in [0.15, 0.2) is 41.1 Å². The van der Waals surface area contributed by atoms with E-state index in [1.165, 1.54) is 5.56 Å². The molecule has 2 aromatic rings. The van der Waals surface area contributed by atoms with Gasteiger partial charge in [-0.15, -0.1) is 0 Å². The molecule has 0 aliphatic heterocycles. The lowest BCUT2D eigenvalue weighted by Gasteiger charge is -2.04. The van der Waals surface area contributed by atoms with Gasteiger partial charge in [-0.3, -0.25) is 0 Å². The fraction of sp³-hybridized carbons (Fsp3) is 0.0909. The molecule has 1 aromatic carbocycles. The topological polar surface area (TPSA) is 12.0 Å². The zero-order valence-corrected chi connectivity index (χ0v) is 9.11. The fourth-order valence-corrected chi connectivity index (χ4v) is 2.05. The SMILES string of the molecule is Clc1cccc(NCc2ccsc2)c1. The molecule has 1 heterocycles. The van der Waals surface area contributed by atoms with Crippen LogP contribution in [-0.4, -0.2) is 0 Å². The highest BCUT2D eigenvalue weighted by molar-refractivity contribution is 7.07. The van der Waals surface area contributed by atoms with E-state index < -0.39 is 0 Å². The van der Waals surface area contributed by atoms with E-state index in [1.54, 1.807) is 11.3 Å². The van der Waals surface area contributed by atoms with E-state index in [-0.39, 0.29) is 0 Å². The van der Waals surface area contributed by atoms with E-state index in [0.29, 0.717) is 0 Å². The quantitative estimate of drug-likeness (QED) is 0.829. The normalized spacial score (nSPS) is 10.1. The minimum absolute atomic E-state index is 0.764. The van der Waals surface area contributed by atoms with Crippen LogP contribution in [0.25, 0.3) is 0 Å². The summed E-state index contributed by atoms with van der Waals surface area (Å²) in [5, 5.41) is 8.29. The van der Waals surface area contributed by atoms with Gasteiger partial charge in [0.1, 0.15) is 0 Å². The number of hydrogen-bond donors (Lipinski definition) is 1. The molecule has 0 fully saturated rings. The zero-order chi connectivity index (χ0) is 9.80. The van der Waals surface area contributed by atoms with E-state index in [0.717, 1.165) is 17.3 Å². The van der Waals surface area contributed by atoms with Crippen molar-refractivity contribution in [2.75, 3.05) is 5.32 Å². The van der Waals surface area contributed by atoms with Gasteiger partial charge in [-0.05, 0) is 40.6 Å². The summed E-state index contributed by atoms with van der Waals surface area (Å²) >= 11 is 7.58. The van der Waals surface area contributed by atoms with Crippen molar-refractivity contribution >= 4 is 28.6 Å². The van der Waals surface area contributed by atoms with Crippen molar-refractivity contribution in [3.8, 4) is 0 Å². The number of rotatable bonds is 3. The Morgan fingerprint density at radius 3 is 2.93 bits per heavy atom. The molecule has 0 bridgehead atoms. The van der Waals surface area contributed by atoms with Gasteiger partial charge in [0.2, 0.25) is 0 Å². The highest BCUT2D eigenvalue weighted by atomic mass is 35.5. The average molecular weight is 224 g/mol. The Morgan fingerprint density at radius 2 is 2.21 bits per heavy atom. The van der Waals surface area contributed by atoms with Crippen LogP contribution in [0.2, 0.25) is 5.02 Å². The molecule has 1 nitrogen and oxygen atoms in total. The number of benzene rings is 1. The molecule has 14 heavy (non-hydrogen) atoms. The summed E-state index contributed by atoms with van der Waals surface area (Å²) in [7, 11) is 0. The van der Waals surface area contributed by atoms with Crippen LogP contribution in [0.1, 0.15) is 5.56 Å². The summed E-state index contributed by atoms with van der Waals surface area (Å²) in [5.74, 6) is 0. The molecule has 0 atom stereocenters. The third kappa shape index (κ3) is 2.50. The number of halogens is 1. The lowest BCUT2D eigenvalue weighted by molar-refractivity contribution is 1.16. The average Bonchev–Trinajstić information content (AvgIpc) is 2.67. The molecular weight excluding hydrogens is 214 g/mol. The molecule has 1 N–H and O–H groups in total. The molecule has 0 aliphatic carbocycles. The van der Waals surface area contributed by atoms with Crippen LogP contribution in [-0.2, 0) is 6.54 Å². The fourth-order valence-electron chi connectivity index (χ4n) is 1.20. The standard InChI is InChI=1S/C11H10ClNS/c12-10-2-1-3-11(6-10)13-7-9-4-5-14-8-9/h1-6,8,13H,7H2. The van der Waals surface area contributed by atoms with Crippen LogP contribution >= 0.6 is 22.9 Å². The second kappa shape index (κ2) is 4.49. The lowest BCUT2D eigenvalue weighted by atomic mass is 10.3. The largest absolute Gasteiger partial charge is 0.381 e. The van der Waals surface area contributed by atoms with Crippen LogP contribution < -0.4 is 5.32 Å². The first-order valence-corrected chi connectivity index (χ1v) is 5.67. The Kier molecular flexibility index (Phi) is 3.07. The first-order valence-electron chi connectivity index (χ1n) is 4.35. The van der Waals surface area contributed by atoms with Gasteiger partial charge < -0.3 is 5.32 Å². The van der Waals surface area contributed by atoms with E-state index >= 15 is 0 Å². The Morgan fingerprint density at radius 1 is 1.29 bits per heavy atom. The van der Waals surface area contributed by atoms with Gasteiger partial charge in [0.15, 0.2) is 0 Å². The van der Waals surface area contributed by atoms with Gasteiger partial charge in [0.25, 0.3) is 0 Å². The van der Waals surface area contributed by atoms with E-state index in [9.17, 15) is 0 Å². The third-order valence-corrected chi connectivity index (χ3v) is 2.87. The predicted octanol–water partition coefficient (Wildman–Crippen LogP) is 4.01. The molecule has 1 aromatic heterocycles. The van der Waals surface area contributed by atoms with Crippen molar-refractivity contribution in [1.82, 2.24) is 0 Å². The second-order valence-corrected chi connectivity index (χ2v) is 4.21. The minimum atomic E-state index is 0.764. The summed E-state index contributed by atoms with van der Waals surface area (Å²) in [4.78, 5) is 0.